The van der Waals surface area contributed by atoms with Gasteiger partial charge in [-0.2, -0.15) is 11.8 Å². The number of carbonyl (C=O) groups is 1. The monoisotopic (exact) mass is 261 g/mol. The molecular formula is C13H27NO2S. The maximum atomic E-state index is 11.9. The number of methoxy groups -OCH3 is 1. The average molecular weight is 261 g/mol. The van der Waals surface area contributed by atoms with Crippen molar-refractivity contribution in [2.45, 2.75) is 64.3 Å². The molecule has 0 radical (unpaired) electrons. The number of rotatable bonds is 8. The van der Waals surface area contributed by atoms with Crippen LogP contribution >= 0.6 is 11.8 Å². The largest absolute Gasteiger partial charge is 0.468 e. The van der Waals surface area contributed by atoms with Gasteiger partial charge in [0.2, 0.25) is 0 Å². The molecule has 0 saturated carbocycles. The van der Waals surface area contributed by atoms with Gasteiger partial charge in [-0.05, 0) is 39.4 Å². The van der Waals surface area contributed by atoms with Gasteiger partial charge in [-0.15, -0.1) is 0 Å². The second kappa shape index (κ2) is 7.98. The molecule has 0 amide bonds. The number of ether oxygens (including phenoxy) is 1. The number of hydrogen-bond donors (Lipinski definition) is 1. The Morgan fingerprint density at radius 3 is 2.41 bits per heavy atom. The van der Waals surface area contributed by atoms with E-state index in [1.165, 1.54) is 13.5 Å². The number of esters is 1. The van der Waals surface area contributed by atoms with Crippen LogP contribution in [0.1, 0.15) is 47.5 Å². The van der Waals surface area contributed by atoms with Crippen molar-refractivity contribution < 1.29 is 9.53 Å². The summed E-state index contributed by atoms with van der Waals surface area (Å²) < 4.78 is 4.91. The first-order valence-electron chi connectivity index (χ1n) is 6.33. The van der Waals surface area contributed by atoms with Gasteiger partial charge in [0.1, 0.15) is 5.54 Å². The first-order chi connectivity index (χ1) is 7.85. The minimum atomic E-state index is -0.580. The highest BCUT2D eigenvalue weighted by Gasteiger charge is 2.36. The maximum Gasteiger partial charge on any atom is 0.325 e. The van der Waals surface area contributed by atoms with Gasteiger partial charge in [-0.1, -0.05) is 13.8 Å². The molecule has 0 heterocycles. The third-order valence-corrected chi connectivity index (χ3v) is 3.93. The molecule has 0 aromatic carbocycles. The fourth-order valence-corrected chi connectivity index (χ4v) is 3.11. The van der Waals surface area contributed by atoms with Gasteiger partial charge >= 0.3 is 5.97 Å². The fraction of sp³-hybridized carbons (Fsp3) is 0.923. The summed E-state index contributed by atoms with van der Waals surface area (Å²) in [5.41, 5.74) is -0.580. The zero-order chi connectivity index (χ0) is 13.5. The van der Waals surface area contributed by atoms with Crippen LogP contribution in [0.5, 0.6) is 0 Å². The molecule has 17 heavy (non-hydrogen) atoms. The molecule has 0 aliphatic rings. The van der Waals surface area contributed by atoms with Gasteiger partial charge in [0, 0.05) is 11.3 Å². The molecule has 0 rings (SSSR count). The van der Waals surface area contributed by atoms with E-state index in [1.807, 2.05) is 32.5 Å². The van der Waals surface area contributed by atoms with Crippen LogP contribution in [-0.2, 0) is 9.53 Å². The molecule has 0 aliphatic carbocycles. The molecular weight excluding hydrogens is 234 g/mol. The molecule has 3 nitrogen and oxygen atoms in total. The summed E-state index contributed by atoms with van der Waals surface area (Å²) in [5.74, 6) is 0.968. The maximum absolute atomic E-state index is 11.9. The van der Waals surface area contributed by atoms with Gasteiger partial charge in [-0.25, -0.2) is 0 Å². The standard InChI is InChI=1S/C13H27NO2S/c1-7-8-17-11(4)9-13(5,12(15)16-6)14-10(2)3/h10-11,14H,7-9H2,1-6H3. The Morgan fingerprint density at radius 2 is 2.00 bits per heavy atom. The Kier molecular flexibility index (Phi) is 7.88. The highest BCUT2D eigenvalue weighted by molar-refractivity contribution is 7.99. The van der Waals surface area contributed by atoms with E-state index < -0.39 is 5.54 Å². The number of nitrogens with one attached hydrogen (secondary N) is 1. The van der Waals surface area contributed by atoms with E-state index in [9.17, 15) is 4.79 Å². The second-order valence-corrected chi connectivity index (χ2v) is 6.55. The van der Waals surface area contributed by atoms with E-state index in [0.29, 0.717) is 5.25 Å². The van der Waals surface area contributed by atoms with Crippen molar-refractivity contribution in [3.8, 4) is 0 Å². The van der Waals surface area contributed by atoms with Crippen LogP contribution in [0.2, 0.25) is 0 Å². The van der Waals surface area contributed by atoms with Gasteiger partial charge in [-0.3, -0.25) is 10.1 Å². The average Bonchev–Trinajstić information content (AvgIpc) is 2.23. The van der Waals surface area contributed by atoms with E-state index in [-0.39, 0.29) is 12.0 Å². The van der Waals surface area contributed by atoms with Gasteiger partial charge in [0.05, 0.1) is 7.11 Å². The minimum Gasteiger partial charge on any atom is -0.468 e. The van der Waals surface area contributed by atoms with Crippen LogP contribution in [0, 0.1) is 0 Å². The summed E-state index contributed by atoms with van der Waals surface area (Å²) in [6.07, 6.45) is 1.96. The van der Waals surface area contributed by atoms with E-state index in [0.717, 1.165) is 12.2 Å². The van der Waals surface area contributed by atoms with Crippen LogP contribution in [0.4, 0.5) is 0 Å². The predicted molar refractivity (Wildman–Crippen MR) is 75.5 cm³/mol. The lowest BCUT2D eigenvalue weighted by molar-refractivity contribution is -0.148. The zero-order valence-electron chi connectivity index (χ0n) is 12.0. The van der Waals surface area contributed by atoms with E-state index in [4.69, 9.17) is 4.74 Å². The van der Waals surface area contributed by atoms with Crippen LogP contribution in [0.3, 0.4) is 0 Å². The smallest absolute Gasteiger partial charge is 0.325 e. The summed E-state index contributed by atoms with van der Waals surface area (Å²) in [6, 6.07) is 0.266. The third-order valence-electron chi connectivity index (χ3n) is 2.55. The molecule has 0 aliphatic heterocycles. The molecule has 0 saturated heterocycles. The molecule has 2 atom stereocenters. The van der Waals surface area contributed by atoms with Crippen LogP contribution in [0.25, 0.3) is 0 Å². The molecule has 0 aromatic heterocycles. The lowest BCUT2D eigenvalue weighted by atomic mass is 9.95. The van der Waals surface area contributed by atoms with Crippen LogP contribution in [0.15, 0.2) is 0 Å². The predicted octanol–water partition coefficient (Wildman–Crippen LogP) is 2.84. The molecule has 0 aromatic rings. The zero-order valence-corrected chi connectivity index (χ0v) is 12.8. The summed E-state index contributed by atoms with van der Waals surface area (Å²) in [5, 5.41) is 3.78. The highest BCUT2D eigenvalue weighted by Crippen LogP contribution is 2.24. The first kappa shape index (κ1) is 16.8. The van der Waals surface area contributed by atoms with Crippen molar-refractivity contribution in [2.75, 3.05) is 12.9 Å². The summed E-state index contributed by atoms with van der Waals surface area (Å²) in [6.45, 7) is 10.4. The molecule has 2 unspecified atom stereocenters. The Labute approximate surface area is 110 Å². The van der Waals surface area contributed by atoms with Crippen molar-refractivity contribution in [1.29, 1.82) is 0 Å². The summed E-state index contributed by atoms with van der Waals surface area (Å²) in [7, 11) is 1.45. The normalized spacial score (nSPS) is 16.6. The van der Waals surface area contributed by atoms with E-state index in [2.05, 4.69) is 19.2 Å². The molecule has 0 fully saturated rings. The lowest BCUT2D eigenvalue weighted by Gasteiger charge is -2.32. The molecule has 1 N–H and O–H groups in total. The number of thioether (sulfide) groups is 1. The van der Waals surface area contributed by atoms with Gasteiger partial charge < -0.3 is 4.74 Å². The van der Waals surface area contributed by atoms with Crippen molar-refractivity contribution in [3.63, 3.8) is 0 Å². The first-order valence-corrected chi connectivity index (χ1v) is 7.38. The van der Waals surface area contributed by atoms with Crippen LogP contribution in [-0.4, -0.2) is 35.7 Å². The molecule has 102 valence electrons. The Bertz CT molecular complexity index is 233. The Morgan fingerprint density at radius 1 is 1.41 bits per heavy atom. The summed E-state index contributed by atoms with van der Waals surface area (Å²) in [4.78, 5) is 11.9. The number of hydrogen-bond acceptors (Lipinski definition) is 4. The molecule has 0 bridgehead atoms. The van der Waals surface area contributed by atoms with Crippen LogP contribution < -0.4 is 5.32 Å². The summed E-state index contributed by atoms with van der Waals surface area (Å²) >= 11 is 1.91. The quantitative estimate of drug-likeness (QED) is 0.682. The molecule has 0 spiro atoms. The SMILES string of the molecule is CCCSC(C)CC(C)(NC(C)C)C(=O)OC. The van der Waals surface area contributed by atoms with Crippen molar-refractivity contribution in [2.24, 2.45) is 0 Å². The fourth-order valence-electron chi connectivity index (χ4n) is 2.02. The topological polar surface area (TPSA) is 38.3 Å². The van der Waals surface area contributed by atoms with E-state index >= 15 is 0 Å². The van der Waals surface area contributed by atoms with Gasteiger partial charge in [0.15, 0.2) is 0 Å². The highest BCUT2D eigenvalue weighted by atomic mass is 32.2. The van der Waals surface area contributed by atoms with Crippen molar-refractivity contribution in [1.82, 2.24) is 5.32 Å². The molecule has 4 heteroatoms. The number of carbonyl (C=O) groups excluding carboxylic acids is 1. The Balaban J connectivity index is 4.52. The third kappa shape index (κ3) is 6.32. The Hall–Kier alpha value is -0.220. The second-order valence-electron chi connectivity index (χ2n) is 5.01. The van der Waals surface area contributed by atoms with E-state index in [1.54, 1.807) is 0 Å². The van der Waals surface area contributed by atoms with Crippen molar-refractivity contribution >= 4 is 17.7 Å². The van der Waals surface area contributed by atoms with Gasteiger partial charge in [0.25, 0.3) is 0 Å². The van der Waals surface area contributed by atoms with Crippen molar-refractivity contribution in [3.05, 3.63) is 0 Å². The lowest BCUT2D eigenvalue weighted by Crippen LogP contribution is -2.54. The minimum absolute atomic E-state index is 0.171.